The number of rotatable bonds is 4. The first kappa shape index (κ1) is 15.6. The molecule has 112 valence electrons. The Morgan fingerprint density at radius 2 is 2.00 bits per heavy atom. The van der Waals surface area contributed by atoms with Crippen LogP contribution in [0, 0.1) is 5.92 Å². The summed E-state index contributed by atoms with van der Waals surface area (Å²) in [5.74, 6) is 1.82. The Balaban J connectivity index is 2.24. The first-order valence-corrected chi connectivity index (χ1v) is 7.81. The average Bonchev–Trinajstić information content (AvgIpc) is 2.62. The molecule has 0 amide bonds. The van der Waals surface area contributed by atoms with E-state index in [9.17, 15) is 5.11 Å². The Kier molecular flexibility index (Phi) is 5.29. The van der Waals surface area contributed by atoms with Crippen molar-refractivity contribution in [2.24, 2.45) is 11.7 Å². The second-order valence-corrected chi connectivity index (χ2v) is 6.47. The maximum absolute atomic E-state index is 10.4. The van der Waals surface area contributed by atoms with E-state index in [1.165, 1.54) is 0 Å². The highest BCUT2D eigenvalue weighted by atomic mass is 79.9. The number of nitrogens with two attached hydrogens (primary N) is 1. The second-order valence-electron chi connectivity index (χ2n) is 5.62. The number of hydrogen-bond acceptors (Lipinski definition) is 4. The third kappa shape index (κ3) is 3.65. The van der Waals surface area contributed by atoms with Gasteiger partial charge in [0.1, 0.15) is 0 Å². The molecule has 20 heavy (non-hydrogen) atoms. The number of hydrogen-bond donors (Lipinski definition) is 2. The molecule has 1 aromatic rings. The maximum atomic E-state index is 10.4. The summed E-state index contributed by atoms with van der Waals surface area (Å²) in [6.07, 6.45) is 0.921. The van der Waals surface area contributed by atoms with Crippen molar-refractivity contribution >= 4 is 15.9 Å². The lowest BCUT2D eigenvalue weighted by Gasteiger charge is -2.22. The molecule has 1 aliphatic heterocycles. The molecule has 0 saturated carbocycles. The van der Waals surface area contributed by atoms with Crippen molar-refractivity contribution in [3.63, 3.8) is 0 Å². The number of ether oxygens (including phenoxy) is 2. The molecule has 0 bridgehead atoms. The fourth-order valence-corrected chi connectivity index (χ4v) is 2.92. The summed E-state index contributed by atoms with van der Waals surface area (Å²) in [5, 5.41) is 10.4. The van der Waals surface area contributed by atoms with Gasteiger partial charge >= 0.3 is 0 Å². The largest absolute Gasteiger partial charge is 0.490 e. The van der Waals surface area contributed by atoms with E-state index < -0.39 is 6.10 Å². The van der Waals surface area contributed by atoms with Crippen LogP contribution < -0.4 is 15.2 Å². The zero-order chi connectivity index (χ0) is 14.7. The van der Waals surface area contributed by atoms with Gasteiger partial charge in [-0.15, -0.1) is 0 Å². The molecule has 0 aliphatic carbocycles. The smallest absolute Gasteiger partial charge is 0.175 e. The Labute approximate surface area is 128 Å². The van der Waals surface area contributed by atoms with Crippen molar-refractivity contribution in [1.82, 2.24) is 0 Å². The van der Waals surface area contributed by atoms with Crippen molar-refractivity contribution in [2.75, 3.05) is 13.2 Å². The van der Waals surface area contributed by atoms with Crippen LogP contribution in [0.4, 0.5) is 0 Å². The van der Waals surface area contributed by atoms with Crippen LogP contribution in [0.1, 0.15) is 38.4 Å². The molecule has 2 atom stereocenters. The minimum absolute atomic E-state index is 0.286. The van der Waals surface area contributed by atoms with Gasteiger partial charge in [0, 0.05) is 12.5 Å². The highest BCUT2D eigenvalue weighted by molar-refractivity contribution is 9.10. The third-order valence-corrected chi connectivity index (χ3v) is 3.90. The number of halogens is 1. The molecule has 0 spiro atoms. The lowest BCUT2D eigenvalue weighted by Crippen LogP contribution is -2.29. The SMILES string of the molecule is CC(C)CC(N)C(O)c1cc(Br)c2c(c1)OCCCO2. The molecule has 1 aliphatic rings. The molecule has 5 heteroatoms. The standard InChI is InChI=1S/C15H22BrNO3/c1-9(2)6-12(17)14(18)10-7-11(16)15-13(8-10)19-4-3-5-20-15/h7-9,12,14,18H,3-6,17H2,1-2H3. The van der Waals surface area contributed by atoms with Crippen LogP contribution in [-0.4, -0.2) is 24.4 Å². The van der Waals surface area contributed by atoms with Gasteiger partial charge in [0.15, 0.2) is 11.5 Å². The first-order valence-electron chi connectivity index (χ1n) is 7.01. The van der Waals surface area contributed by atoms with Crippen LogP contribution in [0.15, 0.2) is 16.6 Å². The van der Waals surface area contributed by atoms with E-state index >= 15 is 0 Å². The molecule has 0 radical (unpaired) electrons. The summed E-state index contributed by atoms with van der Waals surface area (Å²) >= 11 is 3.48. The third-order valence-electron chi connectivity index (χ3n) is 3.32. The van der Waals surface area contributed by atoms with Crippen LogP contribution in [0.25, 0.3) is 0 Å². The van der Waals surface area contributed by atoms with Gasteiger partial charge in [-0.05, 0) is 46.0 Å². The quantitative estimate of drug-likeness (QED) is 0.881. The highest BCUT2D eigenvalue weighted by Crippen LogP contribution is 2.40. The fraction of sp³-hybridized carbons (Fsp3) is 0.600. The van der Waals surface area contributed by atoms with Crippen LogP contribution in [-0.2, 0) is 0 Å². The normalized spacial score (nSPS) is 17.7. The number of benzene rings is 1. The molecule has 4 nitrogen and oxygen atoms in total. The first-order chi connectivity index (χ1) is 9.49. The zero-order valence-electron chi connectivity index (χ0n) is 11.9. The maximum Gasteiger partial charge on any atom is 0.175 e. The van der Waals surface area contributed by atoms with E-state index in [1.54, 1.807) is 0 Å². The van der Waals surface area contributed by atoms with Gasteiger partial charge in [-0.2, -0.15) is 0 Å². The molecule has 0 aromatic heterocycles. The van der Waals surface area contributed by atoms with E-state index in [0.717, 1.165) is 22.9 Å². The number of fused-ring (bicyclic) bond motifs is 1. The van der Waals surface area contributed by atoms with Crippen molar-refractivity contribution < 1.29 is 14.6 Å². The van der Waals surface area contributed by atoms with Crippen LogP contribution >= 0.6 is 15.9 Å². The summed E-state index contributed by atoms with van der Waals surface area (Å²) in [4.78, 5) is 0. The van der Waals surface area contributed by atoms with Crippen molar-refractivity contribution in [3.05, 3.63) is 22.2 Å². The van der Waals surface area contributed by atoms with Crippen LogP contribution in [0.5, 0.6) is 11.5 Å². The van der Waals surface area contributed by atoms with Gasteiger partial charge in [0.05, 0.1) is 23.8 Å². The van der Waals surface area contributed by atoms with Crippen LogP contribution in [0.3, 0.4) is 0 Å². The summed E-state index contributed by atoms with van der Waals surface area (Å²) in [6.45, 7) is 5.45. The van der Waals surface area contributed by atoms with E-state index in [0.29, 0.717) is 30.6 Å². The molecule has 0 fully saturated rings. The molecular formula is C15H22BrNO3. The van der Waals surface area contributed by atoms with Gasteiger partial charge in [0.25, 0.3) is 0 Å². The molecule has 1 heterocycles. The summed E-state index contributed by atoms with van der Waals surface area (Å²) in [6, 6.07) is 3.40. The van der Waals surface area contributed by atoms with Crippen molar-refractivity contribution in [2.45, 2.75) is 38.8 Å². The molecule has 2 rings (SSSR count). The van der Waals surface area contributed by atoms with E-state index in [2.05, 4.69) is 29.8 Å². The van der Waals surface area contributed by atoms with Gasteiger partial charge in [-0.3, -0.25) is 0 Å². The Morgan fingerprint density at radius 1 is 1.30 bits per heavy atom. The van der Waals surface area contributed by atoms with E-state index in [1.807, 2.05) is 12.1 Å². The highest BCUT2D eigenvalue weighted by Gasteiger charge is 2.22. The Hall–Kier alpha value is -0.780. The van der Waals surface area contributed by atoms with Gasteiger partial charge in [-0.25, -0.2) is 0 Å². The summed E-state index contributed by atoms with van der Waals surface area (Å²) in [5.41, 5.74) is 6.83. The summed E-state index contributed by atoms with van der Waals surface area (Å²) in [7, 11) is 0. The second kappa shape index (κ2) is 6.78. The molecule has 3 N–H and O–H groups in total. The summed E-state index contributed by atoms with van der Waals surface area (Å²) < 4.78 is 12.1. The molecule has 0 saturated heterocycles. The van der Waals surface area contributed by atoms with Gasteiger partial charge in [-0.1, -0.05) is 13.8 Å². The van der Waals surface area contributed by atoms with Crippen molar-refractivity contribution in [3.8, 4) is 11.5 Å². The Bertz CT molecular complexity index is 465. The lowest BCUT2D eigenvalue weighted by atomic mass is 9.95. The average molecular weight is 344 g/mol. The predicted octanol–water partition coefficient (Wildman–Crippen LogP) is 3.02. The minimum atomic E-state index is -0.703. The monoisotopic (exact) mass is 343 g/mol. The predicted molar refractivity (Wildman–Crippen MR) is 82.1 cm³/mol. The van der Waals surface area contributed by atoms with Crippen molar-refractivity contribution in [1.29, 1.82) is 0 Å². The molecular weight excluding hydrogens is 322 g/mol. The number of aliphatic hydroxyl groups excluding tert-OH is 1. The zero-order valence-corrected chi connectivity index (χ0v) is 13.5. The molecule has 2 unspecified atom stereocenters. The van der Waals surface area contributed by atoms with Crippen LogP contribution in [0.2, 0.25) is 0 Å². The number of aliphatic hydroxyl groups is 1. The molecule has 1 aromatic carbocycles. The fourth-order valence-electron chi connectivity index (χ4n) is 2.34. The lowest BCUT2D eigenvalue weighted by molar-refractivity contribution is 0.135. The topological polar surface area (TPSA) is 64.7 Å². The van der Waals surface area contributed by atoms with E-state index in [4.69, 9.17) is 15.2 Å². The van der Waals surface area contributed by atoms with Gasteiger partial charge < -0.3 is 20.3 Å². The van der Waals surface area contributed by atoms with Gasteiger partial charge in [0.2, 0.25) is 0 Å². The van der Waals surface area contributed by atoms with E-state index in [-0.39, 0.29) is 6.04 Å². The Morgan fingerprint density at radius 3 is 2.70 bits per heavy atom. The minimum Gasteiger partial charge on any atom is -0.490 e.